The van der Waals surface area contributed by atoms with Crippen LogP contribution in [-0.4, -0.2) is 55.0 Å². The third-order valence-corrected chi connectivity index (χ3v) is 2.23. The first-order valence-corrected chi connectivity index (χ1v) is 4.84. The van der Waals surface area contributed by atoms with Gasteiger partial charge in [0.15, 0.2) is 0 Å². The number of rotatable bonds is 5. The number of alkyl halides is 1. The van der Waals surface area contributed by atoms with Gasteiger partial charge in [-0.1, -0.05) is 0 Å². The van der Waals surface area contributed by atoms with Crippen LogP contribution < -0.4 is 0 Å². The van der Waals surface area contributed by atoms with Gasteiger partial charge in [0.1, 0.15) is 12.8 Å². The molecule has 0 radical (unpaired) electrons. The maximum absolute atomic E-state index is 12.9. The maximum Gasteiger partial charge on any atom is 0.329 e. The van der Waals surface area contributed by atoms with Crippen LogP contribution in [0.15, 0.2) is 0 Å². The molecule has 5 heteroatoms. The Kier molecular flexibility index (Phi) is 4.82. The molecule has 0 aliphatic carbocycles. The van der Waals surface area contributed by atoms with Gasteiger partial charge in [0.05, 0.1) is 6.61 Å². The fourth-order valence-corrected chi connectivity index (χ4v) is 1.56. The van der Waals surface area contributed by atoms with Crippen molar-refractivity contribution in [2.24, 2.45) is 0 Å². The molecular weight excluding hydrogens is 189 g/mol. The van der Waals surface area contributed by atoms with Crippen molar-refractivity contribution in [2.75, 3.05) is 32.8 Å². The first kappa shape index (κ1) is 11.4. The summed E-state index contributed by atoms with van der Waals surface area (Å²) in [7, 11) is 0. The van der Waals surface area contributed by atoms with Crippen LogP contribution in [0.25, 0.3) is 0 Å². The lowest BCUT2D eigenvalue weighted by atomic mass is 10.1. The zero-order valence-electron chi connectivity index (χ0n) is 8.12. The van der Waals surface area contributed by atoms with E-state index in [1.165, 1.54) is 0 Å². The minimum Gasteiger partial charge on any atom is -0.480 e. The van der Waals surface area contributed by atoms with Gasteiger partial charge in [0.2, 0.25) is 0 Å². The number of ether oxygens (including phenoxy) is 1. The zero-order valence-corrected chi connectivity index (χ0v) is 8.12. The fraction of sp³-hybridized carbons (Fsp3) is 0.889. The van der Waals surface area contributed by atoms with E-state index in [1.807, 2.05) is 4.90 Å². The normalized spacial score (nSPS) is 23.6. The lowest BCUT2D eigenvalue weighted by Gasteiger charge is -2.28. The number of carboxylic acid groups (broad SMARTS) is 1. The van der Waals surface area contributed by atoms with Crippen molar-refractivity contribution in [1.82, 2.24) is 4.90 Å². The molecule has 14 heavy (non-hydrogen) atoms. The molecule has 0 aromatic carbocycles. The van der Waals surface area contributed by atoms with Gasteiger partial charge in [-0.2, -0.15) is 0 Å². The number of carboxylic acids is 1. The number of likely N-dealkylation sites (tertiary alicyclic amines) is 1. The van der Waals surface area contributed by atoms with Crippen molar-refractivity contribution in [2.45, 2.75) is 19.0 Å². The molecular formula is C9H16FNO3. The highest BCUT2D eigenvalue weighted by atomic mass is 19.1. The molecule has 1 saturated heterocycles. The second-order valence-electron chi connectivity index (χ2n) is 3.49. The van der Waals surface area contributed by atoms with Gasteiger partial charge < -0.3 is 9.84 Å². The van der Waals surface area contributed by atoms with Gasteiger partial charge >= 0.3 is 5.97 Å². The standard InChI is InChI=1S/C9H16FNO3/c10-8-2-1-3-11(6-8)4-5-14-7-9(12)13/h8H,1-7H2,(H,12,13). The summed E-state index contributed by atoms with van der Waals surface area (Å²) in [5.41, 5.74) is 0. The second kappa shape index (κ2) is 5.93. The molecule has 1 fully saturated rings. The molecule has 1 N–H and O–H groups in total. The Labute approximate surface area is 82.6 Å². The second-order valence-corrected chi connectivity index (χ2v) is 3.49. The Hall–Kier alpha value is -0.680. The zero-order chi connectivity index (χ0) is 10.4. The van der Waals surface area contributed by atoms with E-state index in [1.54, 1.807) is 0 Å². The minimum atomic E-state index is -0.966. The molecule has 1 heterocycles. The van der Waals surface area contributed by atoms with Crippen molar-refractivity contribution in [1.29, 1.82) is 0 Å². The van der Waals surface area contributed by atoms with E-state index in [-0.39, 0.29) is 6.61 Å². The van der Waals surface area contributed by atoms with Crippen molar-refractivity contribution in [3.63, 3.8) is 0 Å². The molecule has 1 unspecified atom stereocenters. The Bertz CT molecular complexity index is 189. The third-order valence-electron chi connectivity index (χ3n) is 2.23. The molecule has 0 aromatic rings. The van der Waals surface area contributed by atoms with E-state index in [0.717, 1.165) is 13.0 Å². The van der Waals surface area contributed by atoms with E-state index >= 15 is 0 Å². The van der Waals surface area contributed by atoms with E-state index in [0.29, 0.717) is 26.1 Å². The highest BCUT2D eigenvalue weighted by molar-refractivity contribution is 5.67. The van der Waals surface area contributed by atoms with Crippen molar-refractivity contribution in [3.8, 4) is 0 Å². The first-order chi connectivity index (χ1) is 6.68. The summed E-state index contributed by atoms with van der Waals surface area (Å²) in [6, 6.07) is 0. The molecule has 0 saturated carbocycles. The van der Waals surface area contributed by atoms with E-state index in [2.05, 4.69) is 0 Å². The van der Waals surface area contributed by atoms with Crippen LogP contribution in [0.5, 0.6) is 0 Å². The number of nitrogens with zero attached hydrogens (tertiary/aromatic N) is 1. The topological polar surface area (TPSA) is 49.8 Å². The number of hydrogen-bond donors (Lipinski definition) is 1. The summed E-state index contributed by atoms with van der Waals surface area (Å²) in [6.07, 6.45) is 0.787. The third kappa shape index (κ3) is 4.53. The van der Waals surface area contributed by atoms with Gasteiger partial charge in [-0.15, -0.1) is 0 Å². The van der Waals surface area contributed by atoms with Crippen molar-refractivity contribution >= 4 is 5.97 Å². The van der Waals surface area contributed by atoms with Crippen LogP contribution in [0.1, 0.15) is 12.8 Å². The minimum absolute atomic E-state index is 0.271. The number of hydrogen-bond acceptors (Lipinski definition) is 3. The van der Waals surface area contributed by atoms with E-state index in [9.17, 15) is 9.18 Å². The summed E-state index contributed by atoms with van der Waals surface area (Å²) in [4.78, 5) is 12.1. The summed E-state index contributed by atoms with van der Waals surface area (Å²) >= 11 is 0. The van der Waals surface area contributed by atoms with Crippen LogP contribution in [-0.2, 0) is 9.53 Å². The molecule has 1 aliphatic rings. The molecule has 82 valence electrons. The number of carbonyl (C=O) groups is 1. The molecule has 0 bridgehead atoms. The average Bonchev–Trinajstić information content (AvgIpc) is 2.12. The van der Waals surface area contributed by atoms with Crippen molar-refractivity contribution < 1.29 is 19.0 Å². The van der Waals surface area contributed by atoms with Gasteiger partial charge in [-0.3, -0.25) is 4.90 Å². The Morgan fingerprint density at radius 2 is 2.43 bits per heavy atom. The van der Waals surface area contributed by atoms with Gasteiger partial charge in [0, 0.05) is 13.1 Å². The van der Waals surface area contributed by atoms with Crippen LogP contribution in [0, 0.1) is 0 Å². The SMILES string of the molecule is O=C(O)COCCN1CCCC(F)C1. The Balaban J connectivity index is 2.03. The molecule has 4 nitrogen and oxygen atoms in total. The Morgan fingerprint density at radius 3 is 3.07 bits per heavy atom. The van der Waals surface area contributed by atoms with Crippen LogP contribution in [0.4, 0.5) is 4.39 Å². The fourth-order valence-electron chi connectivity index (χ4n) is 1.56. The van der Waals surface area contributed by atoms with Crippen molar-refractivity contribution in [3.05, 3.63) is 0 Å². The van der Waals surface area contributed by atoms with E-state index < -0.39 is 12.1 Å². The van der Waals surface area contributed by atoms with Crippen LogP contribution >= 0.6 is 0 Å². The summed E-state index contributed by atoms with van der Waals surface area (Å²) in [5.74, 6) is -0.966. The molecule has 1 atom stereocenters. The van der Waals surface area contributed by atoms with Gasteiger partial charge in [0.25, 0.3) is 0 Å². The van der Waals surface area contributed by atoms with E-state index in [4.69, 9.17) is 9.84 Å². The maximum atomic E-state index is 12.9. The first-order valence-electron chi connectivity index (χ1n) is 4.84. The average molecular weight is 205 g/mol. The van der Waals surface area contributed by atoms with Crippen LogP contribution in [0.2, 0.25) is 0 Å². The largest absolute Gasteiger partial charge is 0.480 e. The monoisotopic (exact) mass is 205 g/mol. The molecule has 0 amide bonds. The summed E-state index contributed by atoms with van der Waals surface area (Å²) in [6.45, 7) is 2.05. The number of halogens is 1. The van der Waals surface area contributed by atoms with Gasteiger partial charge in [-0.05, 0) is 19.4 Å². The Morgan fingerprint density at radius 1 is 1.64 bits per heavy atom. The number of piperidine rings is 1. The highest BCUT2D eigenvalue weighted by Gasteiger charge is 2.18. The molecule has 0 spiro atoms. The summed E-state index contributed by atoms with van der Waals surface area (Å²) in [5, 5.41) is 8.29. The molecule has 0 aromatic heterocycles. The van der Waals surface area contributed by atoms with Gasteiger partial charge in [-0.25, -0.2) is 9.18 Å². The highest BCUT2D eigenvalue weighted by Crippen LogP contribution is 2.11. The molecule has 1 aliphatic heterocycles. The predicted octanol–water partition coefficient (Wildman–Crippen LogP) is 0.521. The smallest absolute Gasteiger partial charge is 0.329 e. The summed E-state index contributed by atoms with van der Waals surface area (Å²) < 4.78 is 17.8. The quantitative estimate of drug-likeness (QED) is 0.665. The van der Waals surface area contributed by atoms with Crippen LogP contribution in [0.3, 0.4) is 0 Å². The molecule has 1 rings (SSSR count). The lowest BCUT2D eigenvalue weighted by molar-refractivity contribution is -0.142. The predicted molar refractivity (Wildman–Crippen MR) is 49.0 cm³/mol. The number of aliphatic carboxylic acids is 1. The lowest BCUT2D eigenvalue weighted by Crippen LogP contribution is -2.38.